The van der Waals surface area contributed by atoms with Crippen molar-refractivity contribution in [3.63, 3.8) is 0 Å². The summed E-state index contributed by atoms with van der Waals surface area (Å²) in [7, 11) is 0. The number of nitrogens with zero attached hydrogens (tertiary/aromatic N) is 4. The van der Waals surface area contributed by atoms with Gasteiger partial charge in [-0.15, -0.1) is 22.0 Å². The van der Waals surface area contributed by atoms with E-state index < -0.39 is 0 Å². The molecule has 0 saturated carbocycles. The fourth-order valence-electron chi connectivity index (χ4n) is 3.05. The summed E-state index contributed by atoms with van der Waals surface area (Å²) in [5, 5.41) is 13.0. The number of fused-ring (bicyclic) bond motifs is 1. The summed E-state index contributed by atoms with van der Waals surface area (Å²) in [5.74, 6) is -0.0763. The van der Waals surface area contributed by atoms with E-state index in [0.717, 1.165) is 34.8 Å². The number of amides is 1. The van der Waals surface area contributed by atoms with Crippen LogP contribution in [-0.2, 0) is 17.6 Å². The Kier molecular flexibility index (Phi) is 6.26. The largest absolute Gasteiger partial charge is 0.300 e. The van der Waals surface area contributed by atoms with Crippen molar-refractivity contribution in [3.05, 3.63) is 50.9 Å². The number of aryl methyl sites for hydroxylation is 2. The lowest BCUT2D eigenvalue weighted by Gasteiger charge is -2.13. The van der Waals surface area contributed by atoms with Gasteiger partial charge in [0.2, 0.25) is 11.0 Å². The Labute approximate surface area is 186 Å². The molecule has 156 valence electrons. The number of carbonyl (C=O) groups excluding carboxylic acids is 1. The summed E-state index contributed by atoms with van der Waals surface area (Å²) in [6, 6.07) is 7.75. The molecule has 1 aromatic carbocycles. The Balaban J connectivity index is 1.61. The highest BCUT2D eigenvalue weighted by atomic mass is 32.2. The molecule has 0 aliphatic carbocycles. The fraction of sp³-hybridized carbons (Fsp3) is 0.350. The lowest BCUT2D eigenvalue weighted by molar-refractivity contribution is -0.113. The Bertz CT molecular complexity index is 1140. The monoisotopic (exact) mass is 459 g/mol. The average molecular weight is 460 g/mol. The van der Waals surface area contributed by atoms with Crippen LogP contribution in [0.4, 0.5) is 5.13 Å². The SMILES string of the molecule is CCc1nnc(NC(=O)CSc2nc3c(c(=O)n2-c2ccc(C)cc2)S[C@H](C)C3)s1. The van der Waals surface area contributed by atoms with Gasteiger partial charge in [-0.25, -0.2) is 4.98 Å². The van der Waals surface area contributed by atoms with Crippen LogP contribution in [0.2, 0.25) is 0 Å². The molecule has 1 amide bonds. The summed E-state index contributed by atoms with van der Waals surface area (Å²) in [4.78, 5) is 31.2. The Morgan fingerprint density at radius 3 is 2.77 bits per heavy atom. The van der Waals surface area contributed by atoms with Crippen molar-refractivity contribution < 1.29 is 4.79 Å². The number of nitrogens with one attached hydrogen (secondary N) is 1. The van der Waals surface area contributed by atoms with E-state index in [2.05, 4.69) is 22.4 Å². The highest BCUT2D eigenvalue weighted by Gasteiger charge is 2.27. The third-order valence-electron chi connectivity index (χ3n) is 4.52. The molecular formula is C20H21N5O2S3. The minimum Gasteiger partial charge on any atom is -0.300 e. The maximum atomic E-state index is 13.3. The first-order chi connectivity index (χ1) is 14.4. The van der Waals surface area contributed by atoms with E-state index in [1.54, 1.807) is 16.3 Å². The molecule has 0 radical (unpaired) electrons. The molecule has 3 heterocycles. The fourth-order valence-corrected chi connectivity index (χ4v) is 5.67. The van der Waals surface area contributed by atoms with Crippen LogP contribution < -0.4 is 10.9 Å². The zero-order valence-corrected chi connectivity index (χ0v) is 19.3. The van der Waals surface area contributed by atoms with Gasteiger partial charge in [0.15, 0.2) is 5.16 Å². The van der Waals surface area contributed by atoms with Gasteiger partial charge in [0, 0.05) is 11.7 Å². The molecule has 30 heavy (non-hydrogen) atoms. The van der Waals surface area contributed by atoms with E-state index in [-0.39, 0.29) is 17.2 Å². The van der Waals surface area contributed by atoms with Gasteiger partial charge in [-0.3, -0.25) is 19.5 Å². The normalized spacial score (nSPS) is 15.2. The Morgan fingerprint density at radius 2 is 2.07 bits per heavy atom. The van der Waals surface area contributed by atoms with E-state index in [9.17, 15) is 9.59 Å². The number of aromatic nitrogens is 4. The molecule has 0 spiro atoms. The summed E-state index contributed by atoms with van der Waals surface area (Å²) in [6.45, 7) is 6.09. The minimum absolute atomic E-state index is 0.0715. The molecule has 1 atom stereocenters. The van der Waals surface area contributed by atoms with E-state index in [4.69, 9.17) is 4.98 Å². The first kappa shape index (κ1) is 21.1. The second kappa shape index (κ2) is 8.91. The zero-order chi connectivity index (χ0) is 21.3. The molecule has 0 bridgehead atoms. The molecule has 0 saturated heterocycles. The molecule has 0 fully saturated rings. The van der Waals surface area contributed by atoms with Gasteiger partial charge >= 0.3 is 0 Å². The number of hydrogen-bond acceptors (Lipinski definition) is 8. The maximum absolute atomic E-state index is 13.3. The third kappa shape index (κ3) is 4.45. The van der Waals surface area contributed by atoms with E-state index in [0.29, 0.717) is 20.4 Å². The molecule has 2 aromatic heterocycles. The van der Waals surface area contributed by atoms with Gasteiger partial charge in [-0.1, -0.05) is 54.6 Å². The van der Waals surface area contributed by atoms with Gasteiger partial charge in [0.05, 0.1) is 22.0 Å². The van der Waals surface area contributed by atoms with Crippen LogP contribution in [0.1, 0.15) is 30.1 Å². The standard InChI is InChI=1S/C20H21N5O2S3/c1-4-16-23-24-19(30-16)22-15(26)10-28-20-21-14-9-12(3)29-17(14)18(27)25(20)13-7-5-11(2)6-8-13/h5-8,12H,4,9-10H2,1-3H3,(H,22,24,26)/t12-/m1/s1. The van der Waals surface area contributed by atoms with Crippen LogP contribution in [-0.4, -0.2) is 36.7 Å². The molecule has 1 aliphatic rings. The van der Waals surface area contributed by atoms with Crippen LogP contribution in [0.3, 0.4) is 0 Å². The lowest BCUT2D eigenvalue weighted by Crippen LogP contribution is -2.24. The molecule has 0 unspecified atom stereocenters. The van der Waals surface area contributed by atoms with E-state index in [1.165, 1.54) is 23.1 Å². The molecule has 10 heteroatoms. The molecule has 1 N–H and O–H groups in total. The van der Waals surface area contributed by atoms with E-state index in [1.807, 2.05) is 38.1 Å². The first-order valence-electron chi connectivity index (χ1n) is 9.59. The van der Waals surface area contributed by atoms with Gasteiger partial charge in [0.25, 0.3) is 5.56 Å². The number of anilines is 1. The minimum atomic E-state index is -0.202. The quantitative estimate of drug-likeness (QED) is 0.444. The Morgan fingerprint density at radius 1 is 1.30 bits per heavy atom. The van der Waals surface area contributed by atoms with Gasteiger partial charge in [-0.05, 0) is 25.5 Å². The average Bonchev–Trinajstić information content (AvgIpc) is 3.33. The molecule has 4 rings (SSSR count). The number of rotatable bonds is 6. The highest BCUT2D eigenvalue weighted by Crippen LogP contribution is 2.35. The van der Waals surface area contributed by atoms with Crippen molar-refractivity contribution >= 4 is 45.9 Å². The van der Waals surface area contributed by atoms with Crippen LogP contribution in [0.5, 0.6) is 0 Å². The molecule has 1 aliphatic heterocycles. The lowest BCUT2D eigenvalue weighted by atomic mass is 10.2. The number of thioether (sulfide) groups is 2. The summed E-state index contributed by atoms with van der Waals surface area (Å²) >= 11 is 4.19. The van der Waals surface area contributed by atoms with E-state index >= 15 is 0 Å². The third-order valence-corrected chi connectivity index (χ3v) is 7.66. The number of carbonyl (C=O) groups is 1. The smallest absolute Gasteiger partial charge is 0.272 e. The van der Waals surface area contributed by atoms with Crippen molar-refractivity contribution in [2.45, 2.75) is 48.9 Å². The molecular weight excluding hydrogens is 438 g/mol. The van der Waals surface area contributed by atoms with Crippen molar-refractivity contribution in [3.8, 4) is 5.69 Å². The zero-order valence-electron chi connectivity index (χ0n) is 16.8. The predicted molar refractivity (Wildman–Crippen MR) is 122 cm³/mol. The van der Waals surface area contributed by atoms with Crippen LogP contribution in [0, 0.1) is 6.92 Å². The first-order valence-corrected chi connectivity index (χ1v) is 12.3. The van der Waals surface area contributed by atoms with Gasteiger partial charge in [0.1, 0.15) is 5.01 Å². The number of hydrogen-bond donors (Lipinski definition) is 1. The second-order valence-electron chi connectivity index (χ2n) is 6.97. The van der Waals surface area contributed by atoms with Crippen molar-refractivity contribution in [1.29, 1.82) is 0 Å². The van der Waals surface area contributed by atoms with Crippen LogP contribution in [0.25, 0.3) is 5.69 Å². The topological polar surface area (TPSA) is 89.8 Å². The van der Waals surface area contributed by atoms with Gasteiger partial charge in [-0.2, -0.15) is 0 Å². The van der Waals surface area contributed by atoms with Crippen molar-refractivity contribution in [1.82, 2.24) is 19.7 Å². The summed E-state index contributed by atoms with van der Waals surface area (Å²) in [5.41, 5.74) is 2.61. The Hall–Kier alpha value is -2.17. The maximum Gasteiger partial charge on any atom is 0.272 e. The second-order valence-corrected chi connectivity index (χ2v) is 10.4. The van der Waals surface area contributed by atoms with Crippen molar-refractivity contribution in [2.24, 2.45) is 0 Å². The van der Waals surface area contributed by atoms with Crippen LogP contribution in [0.15, 0.2) is 39.1 Å². The molecule has 3 aromatic rings. The van der Waals surface area contributed by atoms with Gasteiger partial charge < -0.3 is 0 Å². The van der Waals surface area contributed by atoms with Crippen molar-refractivity contribution in [2.75, 3.05) is 11.1 Å². The molecule has 7 nitrogen and oxygen atoms in total. The summed E-state index contributed by atoms with van der Waals surface area (Å²) in [6.07, 6.45) is 1.54. The highest BCUT2D eigenvalue weighted by molar-refractivity contribution is 8.00. The summed E-state index contributed by atoms with van der Waals surface area (Å²) < 4.78 is 1.61. The number of benzene rings is 1. The van der Waals surface area contributed by atoms with Crippen LogP contribution >= 0.6 is 34.9 Å². The predicted octanol–water partition coefficient (Wildman–Crippen LogP) is 3.72.